The molecule has 0 fully saturated rings. The van der Waals surface area contributed by atoms with Gasteiger partial charge in [-0.2, -0.15) is 0 Å². The molecule has 2 nitrogen and oxygen atoms in total. The molecule has 0 saturated carbocycles. The van der Waals surface area contributed by atoms with Crippen molar-refractivity contribution in [1.29, 1.82) is 0 Å². The van der Waals surface area contributed by atoms with E-state index in [2.05, 4.69) is 16.8 Å². The standard InChI is InChI=1S/C11H14N2/c1-8(12)4-5-11-6-9(2)13-10(3)7-11/h6-8H,12H2,1-3H3. The second-order valence-corrected chi connectivity index (χ2v) is 3.20. The van der Waals surface area contributed by atoms with Gasteiger partial charge in [-0.15, -0.1) is 0 Å². The molecular weight excluding hydrogens is 160 g/mol. The summed E-state index contributed by atoms with van der Waals surface area (Å²) in [5, 5.41) is 0. The minimum absolute atomic E-state index is 0.0752. The van der Waals surface area contributed by atoms with Gasteiger partial charge >= 0.3 is 0 Å². The quantitative estimate of drug-likeness (QED) is 0.604. The largest absolute Gasteiger partial charge is 0.318 e. The Balaban J connectivity index is 2.98. The van der Waals surface area contributed by atoms with Gasteiger partial charge < -0.3 is 5.73 Å². The zero-order chi connectivity index (χ0) is 9.84. The third-order valence-electron chi connectivity index (χ3n) is 1.53. The molecule has 2 N–H and O–H groups in total. The molecule has 0 bridgehead atoms. The molecule has 1 unspecified atom stereocenters. The zero-order valence-corrected chi connectivity index (χ0v) is 8.26. The van der Waals surface area contributed by atoms with Gasteiger partial charge in [-0.1, -0.05) is 11.8 Å². The van der Waals surface area contributed by atoms with Crippen molar-refractivity contribution in [3.63, 3.8) is 0 Å². The van der Waals surface area contributed by atoms with Gasteiger partial charge in [-0.05, 0) is 32.9 Å². The fourth-order valence-electron chi connectivity index (χ4n) is 1.10. The highest BCUT2D eigenvalue weighted by Gasteiger charge is 1.93. The Morgan fingerprint density at radius 1 is 1.31 bits per heavy atom. The van der Waals surface area contributed by atoms with Crippen LogP contribution in [0.15, 0.2) is 12.1 Å². The summed E-state index contributed by atoms with van der Waals surface area (Å²) in [5.41, 5.74) is 8.50. The summed E-state index contributed by atoms with van der Waals surface area (Å²) in [5.74, 6) is 5.93. The second kappa shape index (κ2) is 4.06. The topological polar surface area (TPSA) is 38.9 Å². The fourth-order valence-corrected chi connectivity index (χ4v) is 1.10. The molecule has 1 aromatic rings. The van der Waals surface area contributed by atoms with Crippen molar-refractivity contribution >= 4 is 0 Å². The molecule has 0 amide bonds. The molecule has 1 rings (SSSR count). The number of pyridine rings is 1. The average molecular weight is 174 g/mol. The highest BCUT2D eigenvalue weighted by Crippen LogP contribution is 2.02. The van der Waals surface area contributed by atoms with E-state index < -0.39 is 0 Å². The second-order valence-electron chi connectivity index (χ2n) is 3.20. The van der Waals surface area contributed by atoms with Crippen molar-refractivity contribution in [1.82, 2.24) is 4.98 Å². The average Bonchev–Trinajstić information content (AvgIpc) is 1.99. The van der Waals surface area contributed by atoms with Crippen LogP contribution in [0.1, 0.15) is 23.9 Å². The first-order valence-corrected chi connectivity index (χ1v) is 4.30. The van der Waals surface area contributed by atoms with Crippen molar-refractivity contribution in [3.05, 3.63) is 29.1 Å². The van der Waals surface area contributed by atoms with Gasteiger partial charge in [0.15, 0.2) is 0 Å². The lowest BCUT2D eigenvalue weighted by Crippen LogP contribution is -2.10. The molecule has 0 saturated heterocycles. The lowest BCUT2D eigenvalue weighted by molar-refractivity contribution is 0.959. The molecule has 2 heteroatoms. The van der Waals surface area contributed by atoms with E-state index in [9.17, 15) is 0 Å². The highest BCUT2D eigenvalue weighted by atomic mass is 14.7. The molecule has 68 valence electrons. The van der Waals surface area contributed by atoms with Crippen LogP contribution >= 0.6 is 0 Å². The normalized spacial score (nSPS) is 11.7. The van der Waals surface area contributed by atoms with E-state index >= 15 is 0 Å². The van der Waals surface area contributed by atoms with E-state index in [1.54, 1.807) is 0 Å². The number of nitrogens with two attached hydrogens (primary N) is 1. The van der Waals surface area contributed by atoms with Gasteiger partial charge in [0, 0.05) is 17.0 Å². The Morgan fingerprint density at radius 2 is 1.85 bits per heavy atom. The Labute approximate surface area is 79.2 Å². The van der Waals surface area contributed by atoms with E-state index in [4.69, 9.17) is 5.73 Å². The fraction of sp³-hybridized carbons (Fsp3) is 0.364. The maximum absolute atomic E-state index is 5.53. The first-order valence-electron chi connectivity index (χ1n) is 4.30. The Bertz CT molecular complexity index is 336. The summed E-state index contributed by atoms with van der Waals surface area (Å²) >= 11 is 0. The molecule has 0 radical (unpaired) electrons. The molecule has 0 aliphatic heterocycles. The van der Waals surface area contributed by atoms with E-state index in [1.807, 2.05) is 32.9 Å². The van der Waals surface area contributed by atoms with Gasteiger partial charge in [-0.25, -0.2) is 0 Å². The van der Waals surface area contributed by atoms with Crippen LogP contribution in [-0.4, -0.2) is 11.0 Å². The maximum atomic E-state index is 5.53. The molecule has 0 aliphatic carbocycles. The van der Waals surface area contributed by atoms with Crippen LogP contribution in [0.25, 0.3) is 0 Å². The van der Waals surface area contributed by atoms with E-state index in [0.29, 0.717) is 0 Å². The SMILES string of the molecule is Cc1cc(C#CC(C)N)cc(C)n1. The molecule has 0 spiro atoms. The molecule has 0 aromatic carbocycles. The van der Waals surface area contributed by atoms with Crippen LogP contribution in [0.4, 0.5) is 0 Å². The summed E-state index contributed by atoms with van der Waals surface area (Å²) in [6.45, 7) is 5.79. The predicted octanol–water partition coefficient (Wildman–Crippen LogP) is 1.40. The van der Waals surface area contributed by atoms with E-state index in [0.717, 1.165) is 17.0 Å². The van der Waals surface area contributed by atoms with Crippen LogP contribution in [0.2, 0.25) is 0 Å². The minimum atomic E-state index is -0.0752. The number of nitrogens with zero attached hydrogens (tertiary/aromatic N) is 1. The molecule has 1 heterocycles. The van der Waals surface area contributed by atoms with Crippen molar-refractivity contribution in [2.45, 2.75) is 26.8 Å². The van der Waals surface area contributed by atoms with Crippen LogP contribution in [0, 0.1) is 25.7 Å². The summed E-state index contributed by atoms with van der Waals surface area (Å²) in [6, 6.07) is 3.85. The number of aryl methyl sites for hydroxylation is 2. The van der Waals surface area contributed by atoms with Crippen LogP contribution < -0.4 is 5.73 Å². The Morgan fingerprint density at radius 3 is 2.31 bits per heavy atom. The number of aromatic nitrogens is 1. The van der Waals surface area contributed by atoms with Crippen molar-refractivity contribution in [3.8, 4) is 11.8 Å². The number of hydrogen-bond donors (Lipinski definition) is 1. The van der Waals surface area contributed by atoms with Crippen molar-refractivity contribution in [2.24, 2.45) is 5.73 Å². The van der Waals surface area contributed by atoms with Crippen molar-refractivity contribution in [2.75, 3.05) is 0 Å². The third kappa shape index (κ3) is 3.27. The highest BCUT2D eigenvalue weighted by molar-refractivity contribution is 5.36. The van der Waals surface area contributed by atoms with E-state index in [-0.39, 0.29) is 6.04 Å². The number of rotatable bonds is 0. The molecule has 1 atom stereocenters. The summed E-state index contributed by atoms with van der Waals surface area (Å²) in [7, 11) is 0. The zero-order valence-electron chi connectivity index (χ0n) is 8.26. The van der Waals surface area contributed by atoms with E-state index in [1.165, 1.54) is 0 Å². The summed E-state index contributed by atoms with van der Waals surface area (Å²) in [6.07, 6.45) is 0. The van der Waals surface area contributed by atoms with Crippen molar-refractivity contribution < 1.29 is 0 Å². The van der Waals surface area contributed by atoms with Gasteiger partial charge in [0.1, 0.15) is 0 Å². The lowest BCUT2D eigenvalue weighted by Gasteiger charge is -1.97. The smallest absolute Gasteiger partial charge is 0.0639 e. The Hall–Kier alpha value is -1.33. The Kier molecular flexibility index (Phi) is 3.05. The van der Waals surface area contributed by atoms with Gasteiger partial charge in [0.25, 0.3) is 0 Å². The van der Waals surface area contributed by atoms with Crippen LogP contribution in [0.3, 0.4) is 0 Å². The van der Waals surface area contributed by atoms with Crippen LogP contribution in [-0.2, 0) is 0 Å². The van der Waals surface area contributed by atoms with Gasteiger partial charge in [0.05, 0.1) is 6.04 Å². The summed E-state index contributed by atoms with van der Waals surface area (Å²) in [4.78, 5) is 4.26. The van der Waals surface area contributed by atoms with Gasteiger partial charge in [0.2, 0.25) is 0 Å². The molecule has 13 heavy (non-hydrogen) atoms. The molecule has 0 aliphatic rings. The first kappa shape index (κ1) is 9.76. The molecular formula is C11H14N2. The predicted molar refractivity (Wildman–Crippen MR) is 54.2 cm³/mol. The molecule has 1 aromatic heterocycles. The lowest BCUT2D eigenvalue weighted by atomic mass is 10.2. The third-order valence-corrected chi connectivity index (χ3v) is 1.53. The monoisotopic (exact) mass is 174 g/mol. The first-order chi connectivity index (χ1) is 6.08. The minimum Gasteiger partial charge on any atom is -0.318 e. The number of hydrogen-bond acceptors (Lipinski definition) is 2. The van der Waals surface area contributed by atoms with Crippen LogP contribution in [0.5, 0.6) is 0 Å². The maximum Gasteiger partial charge on any atom is 0.0639 e. The summed E-state index contributed by atoms with van der Waals surface area (Å²) < 4.78 is 0. The van der Waals surface area contributed by atoms with Gasteiger partial charge in [-0.3, -0.25) is 4.98 Å².